The number of nitrogens with zero attached hydrogens (tertiary/aromatic N) is 1. The molecule has 0 bridgehead atoms. The first kappa shape index (κ1) is 16.9. The number of hydrogen-bond acceptors (Lipinski definition) is 6. The number of aromatic nitrogens is 2. The maximum absolute atomic E-state index is 12.1. The van der Waals surface area contributed by atoms with E-state index < -0.39 is 18.5 Å². The van der Waals surface area contributed by atoms with E-state index >= 15 is 0 Å². The number of fused-ring (bicyclic) bond motifs is 2. The smallest absolute Gasteiger partial charge is 0.338 e. The van der Waals surface area contributed by atoms with E-state index in [1.165, 1.54) is 0 Å². The van der Waals surface area contributed by atoms with Gasteiger partial charge in [-0.1, -0.05) is 6.07 Å². The molecule has 27 heavy (non-hydrogen) atoms. The third-order valence-electron chi connectivity index (χ3n) is 4.04. The molecule has 1 amide bonds. The summed E-state index contributed by atoms with van der Waals surface area (Å²) in [6.07, 6.45) is 2.46. The Hall–Kier alpha value is -3.55. The lowest BCUT2D eigenvalue weighted by Crippen LogP contribution is -2.21. The summed E-state index contributed by atoms with van der Waals surface area (Å²) >= 11 is 0. The van der Waals surface area contributed by atoms with E-state index in [-0.39, 0.29) is 0 Å². The molecule has 0 saturated carbocycles. The van der Waals surface area contributed by atoms with Crippen molar-refractivity contribution in [2.75, 3.05) is 25.1 Å². The lowest BCUT2D eigenvalue weighted by molar-refractivity contribution is -0.119. The second-order valence-corrected chi connectivity index (χ2v) is 6.01. The van der Waals surface area contributed by atoms with Crippen LogP contribution >= 0.6 is 0 Å². The van der Waals surface area contributed by atoms with Gasteiger partial charge in [-0.05, 0) is 24.3 Å². The highest BCUT2D eigenvalue weighted by Crippen LogP contribution is 2.32. The van der Waals surface area contributed by atoms with Gasteiger partial charge in [0.15, 0.2) is 18.1 Å². The Kier molecular flexibility index (Phi) is 4.61. The van der Waals surface area contributed by atoms with Crippen molar-refractivity contribution in [3.63, 3.8) is 0 Å². The predicted molar refractivity (Wildman–Crippen MR) is 97.1 cm³/mol. The van der Waals surface area contributed by atoms with Gasteiger partial charge in [-0.3, -0.25) is 9.89 Å². The Morgan fingerprint density at radius 3 is 2.85 bits per heavy atom. The number of H-pyrrole nitrogens is 1. The quantitative estimate of drug-likeness (QED) is 0.687. The highest BCUT2D eigenvalue weighted by molar-refractivity contribution is 5.97. The van der Waals surface area contributed by atoms with Crippen molar-refractivity contribution in [2.45, 2.75) is 6.42 Å². The van der Waals surface area contributed by atoms with Crippen LogP contribution < -0.4 is 14.8 Å². The van der Waals surface area contributed by atoms with Gasteiger partial charge in [-0.2, -0.15) is 5.10 Å². The molecule has 1 aliphatic rings. The summed E-state index contributed by atoms with van der Waals surface area (Å²) in [5, 5.41) is 10.2. The highest BCUT2D eigenvalue weighted by Gasteiger charge is 2.14. The van der Waals surface area contributed by atoms with Crippen molar-refractivity contribution < 1.29 is 23.8 Å². The van der Waals surface area contributed by atoms with Crippen LogP contribution in [0.5, 0.6) is 11.5 Å². The van der Waals surface area contributed by atoms with Gasteiger partial charge in [-0.25, -0.2) is 4.79 Å². The van der Waals surface area contributed by atoms with E-state index in [1.807, 2.05) is 0 Å². The van der Waals surface area contributed by atoms with Crippen molar-refractivity contribution in [1.82, 2.24) is 10.2 Å². The largest absolute Gasteiger partial charge is 0.490 e. The molecule has 0 aliphatic carbocycles. The molecule has 0 radical (unpaired) electrons. The van der Waals surface area contributed by atoms with E-state index in [0.29, 0.717) is 36.0 Å². The highest BCUT2D eigenvalue weighted by atomic mass is 16.5. The number of amides is 1. The molecule has 2 aromatic carbocycles. The van der Waals surface area contributed by atoms with E-state index in [2.05, 4.69) is 15.5 Å². The van der Waals surface area contributed by atoms with Gasteiger partial charge < -0.3 is 19.5 Å². The Morgan fingerprint density at radius 1 is 1.11 bits per heavy atom. The Morgan fingerprint density at radius 2 is 1.96 bits per heavy atom. The van der Waals surface area contributed by atoms with Crippen LogP contribution in [-0.4, -0.2) is 41.9 Å². The number of rotatable bonds is 4. The Balaban J connectivity index is 1.35. The molecule has 8 heteroatoms. The lowest BCUT2D eigenvalue weighted by Gasteiger charge is -2.10. The average molecular weight is 367 g/mol. The molecule has 1 aliphatic heterocycles. The molecule has 0 atom stereocenters. The summed E-state index contributed by atoms with van der Waals surface area (Å²) < 4.78 is 16.2. The SMILES string of the molecule is O=C(COC(=O)c1ccc2cn[nH]c2c1)Nc1ccc2c(c1)OCCCO2. The van der Waals surface area contributed by atoms with Crippen LogP contribution in [-0.2, 0) is 9.53 Å². The third-order valence-corrected chi connectivity index (χ3v) is 4.04. The summed E-state index contributed by atoms with van der Waals surface area (Å²) in [6, 6.07) is 10.1. The first-order valence-electron chi connectivity index (χ1n) is 8.49. The molecule has 138 valence electrons. The van der Waals surface area contributed by atoms with Crippen LogP contribution in [0.4, 0.5) is 5.69 Å². The normalized spacial score (nSPS) is 13.0. The fourth-order valence-electron chi connectivity index (χ4n) is 2.72. The predicted octanol–water partition coefficient (Wildman–Crippen LogP) is 2.52. The second-order valence-electron chi connectivity index (χ2n) is 6.01. The lowest BCUT2D eigenvalue weighted by atomic mass is 10.2. The molecule has 2 heterocycles. The van der Waals surface area contributed by atoms with Crippen LogP contribution in [0.3, 0.4) is 0 Å². The number of aromatic amines is 1. The zero-order valence-electron chi connectivity index (χ0n) is 14.4. The van der Waals surface area contributed by atoms with Crippen LogP contribution in [0.2, 0.25) is 0 Å². The minimum Gasteiger partial charge on any atom is -0.490 e. The number of anilines is 1. The van der Waals surface area contributed by atoms with E-state index in [1.54, 1.807) is 42.6 Å². The monoisotopic (exact) mass is 367 g/mol. The zero-order valence-corrected chi connectivity index (χ0v) is 14.4. The fraction of sp³-hybridized carbons (Fsp3) is 0.211. The number of carbonyl (C=O) groups excluding carboxylic acids is 2. The van der Waals surface area contributed by atoms with Crippen molar-refractivity contribution >= 4 is 28.5 Å². The Bertz CT molecular complexity index is 998. The van der Waals surface area contributed by atoms with Crippen molar-refractivity contribution in [2.24, 2.45) is 0 Å². The summed E-state index contributed by atoms with van der Waals surface area (Å²) in [5.74, 6) is 0.196. The summed E-state index contributed by atoms with van der Waals surface area (Å²) in [7, 11) is 0. The van der Waals surface area contributed by atoms with E-state index in [4.69, 9.17) is 14.2 Å². The number of esters is 1. The van der Waals surface area contributed by atoms with Gasteiger partial charge in [0.25, 0.3) is 5.91 Å². The molecule has 0 fully saturated rings. The van der Waals surface area contributed by atoms with Crippen LogP contribution in [0, 0.1) is 0 Å². The number of carbonyl (C=O) groups is 2. The number of benzene rings is 2. The molecule has 0 unspecified atom stereocenters. The van der Waals surface area contributed by atoms with Crippen LogP contribution in [0.1, 0.15) is 16.8 Å². The second kappa shape index (κ2) is 7.36. The summed E-state index contributed by atoms with van der Waals surface area (Å²) in [4.78, 5) is 24.2. The molecule has 4 rings (SSSR count). The first-order chi connectivity index (χ1) is 13.2. The van der Waals surface area contributed by atoms with Gasteiger partial charge in [0, 0.05) is 23.6 Å². The molecular weight excluding hydrogens is 350 g/mol. The fourth-order valence-corrected chi connectivity index (χ4v) is 2.72. The number of nitrogens with one attached hydrogen (secondary N) is 2. The average Bonchev–Trinajstić information content (AvgIpc) is 3.02. The molecule has 8 nitrogen and oxygen atoms in total. The molecule has 0 spiro atoms. The molecule has 1 aromatic heterocycles. The molecule has 2 N–H and O–H groups in total. The van der Waals surface area contributed by atoms with Crippen molar-refractivity contribution in [3.8, 4) is 11.5 Å². The molecular formula is C19H17N3O5. The number of hydrogen-bond donors (Lipinski definition) is 2. The van der Waals surface area contributed by atoms with Crippen LogP contribution in [0.25, 0.3) is 10.9 Å². The maximum Gasteiger partial charge on any atom is 0.338 e. The van der Waals surface area contributed by atoms with Gasteiger partial charge in [-0.15, -0.1) is 0 Å². The maximum atomic E-state index is 12.1. The minimum atomic E-state index is -0.583. The van der Waals surface area contributed by atoms with E-state index in [0.717, 1.165) is 17.3 Å². The topological polar surface area (TPSA) is 103 Å². The van der Waals surface area contributed by atoms with Gasteiger partial charge >= 0.3 is 5.97 Å². The number of ether oxygens (including phenoxy) is 3. The summed E-state index contributed by atoms with van der Waals surface area (Å²) in [6.45, 7) is 0.760. The van der Waals surface area contributed by atoms with E-state index in [9.17, 15) is 9.59 Å². The minimum absolute atomic E-state index is 0.343. The summed E-state index contributed by atoms with van der Waals surface area (Å²) in [5.41, 5.74) is 1.61. The van der Waals surface area contributed by atoms with Crippen LogP contribution in [0.15, 0.2) is 42.6 Å². The zero-order chi connectivity index (χ0) is 18.6. The standard InChI is InChI=1S/C19H17N3O5/c23-18(21-14-4-5-16-17(9-14)26-7-1-6-25-16)11-27-19(24)12-2-3-13-10-20-22-15(13)8-12/h2-5,8-10H,1,6-7,11H2,(H,20,22)(H,21,23). The van der Waals surface area contributed by atoms with Crippen molar-refractivity contribution in [1.29, 1.82) is 0 Å². The Labute approximate surface area is 154 Å². The van der Waals surface area contributed by atoms with Gasteiger partial charge in [0.1, 0.15) is 0 Å². The van der Waals surface area contributed by atoms with Crippen molar-refractivity contribution in [3.05, 3.63) is 48.2 Å². The first-order valence-corrected chi connectivity index (χ1v) is 8.49. The van der Waals surface area contributed by atoms with Gasteiger partial charge in [0.05, 0.1) is 30.5 Å². The molecule has 3 aromatic rings. The molecule has 0 saturated heterocycles. The van der Waals surface area contributed by atoms with Gasteiger partial charge in [0.2, 0.25) is 0 Å². The third kappa shape index (κ3) is 3.84.